The molecule has 1 aliphatic carbocycles. The van der Waals surface area contributed by atoms with Gasteiger partial charge in [-0.15, -0.1) is 0 Å². The van der Waals surface area contributed by atoms with Gasteiger partial charge in [-0.3, -0.25) is 9.69 Å². The number of carbonyl (C=O) groups is 2. The van der Waals surface area contributed by atoms with Crippen LogP contribution in [0.1, 0.15) is 50.0 Å². The molecule has 2 amide bonds. The van der Waals surface area contributed by atoms with Gasteiger partial charge < -0.3 is 15.0 Å². The fourth-order valence-corrected chi connectivity index (χ4v) is 5.00. The zero-order valence-electron chi connectivity index (χ0n) is 16.7. The lowest BCUT2D eigenvalue weighted by molar-refractivity contribution is -0.146. The Labute approximate surface area is 167 Å². The van der Waals surface area contributed by atoms with E-state index in [9.17, 15) is 9.59 Å². The number of piperidine rings is 1. The summed E-state index contributed by atoms with van der Waals surface area (Å²) in [6.45, 7) is 3.68. The molecule has 28 heavy (non-hydrogen) atoms. The fourth-order valence-electron chi connectivity index (χ4n) is 5.00. The standard InChI is InChI=1S/C22H31N3O3/c1-28-21(26)18-4-8-20(9-5-18)25-15-14-24(22(25)27)19-6-2-16(3-7-19)17-10-12-23-13-11-17/h2-3,6-7,17-18,20,23H,4-5,8-15H2,1H3. The van der Waals surface area contributed by atoms with Crippen molar-refractivity contribution in [3.8, 4) is 0 Å². The molecule has 3 fully saturated rings. The first kappa shape index (κ1) is 19.2. The summed E-state index contributed by atoms with van der Waals surface area (Å²) in [5.74, 6) is 0.519. The highest BCUT2D eigenvalue weighted by molar-refractivity contribution is 5.94. The average molecular weight is 386 g/mol. The highest BCUT2D eigenvalue weighted by Gasteiger charge is 2.37. The molecule has 1 N–H and O–H groups in total. The molecule has 4 rings (SSSR count). The Morgan fingerprint density at radius 3 is 2.32 bits per heavy atom. The van der Waals surface area contributed by atoms with Gasteiger partial charge in [0.25, 0.3) is 0 Å². The minimum Gasteiger partial charge on any atom is -0.469 e. The molecule has 152 valence electrons. The molecule has 0 aromatic heterocycles. The lowest BCUT2D eigenvalue weighted by Crippen LogP contribution is -2.42. The van der Waals surface area contributed by atoms with Gasteiger partial charge in [0.2, 0.25) is 0 Å². The van der Waals surface area contributed by atoms with E-state index in [1.54, 1.807) is 0 Å². The maximum absolute atomic E-state index is 13.0. The molecule has 2 aliphatic heterocycles. The molecule has 1 saturated carbocycles. The third kappa shape index (κ3) is 3.88. The summed E-state index contributed by atoms with van der Waals surface area (Å²) in [4.78, 5) is 28.6. The molecule has 1 aromatic rings. The first-order chi connectivity index (χ1) is 13.7. The minimum absolute atomic E-state index is 0.00223. The van der Waals surface area contributed by atoms with Crippen LogP contribution in [0, 0.1) is 5.92 Å². The largest absolute Gasteiger partial charge is 0.469 e. The number of anilines is 1. The van der Waals surface area contributed by atoms with Crippen LogP contribution in [0.5, 0.6) is 0 Å². The monoisotopic (exact) mass is 385 g/mol. The van der Waals surface area contributed by atoms with Crippen molar-refractivity contribution in [2.75, 3.05) is 38.2 Å². The lowest BCUT2D eigenvalue weighted by atomic mass is 9.85. The number of ether oxygens (including phenoxy) is 1. The summed E-state index contributed by atoms with van der Waals surface area (Å²) < 4.78 is 4.87. The van der Waals surface area contributed by atoms with Crippen molar-refractivity contribution in [1.29, 1.82) is 0 Å². The summed E-state index contributed by atoms with van der Waals surface area (Å²) in [5.41, 5.74) is 2.38. The van der Waals surface area contributed by atoms with E-state index in [4.69, 9.17) is 4.74 Å². The van der Waals surface area contributed by atoms with Crippen LogP contribution in [0.3, 0.4) is 0 Å². The van der Waals surface area contributed by atoms with Gasteiger partial charge in [0, 0.05) is 24.8 Å². The summed E-state index contributed by atoms with van der Waals surface area (Å²) in [7, 11) is 1.45. The lowest BCUT2D eigenvalue weighted by Gasteiger charge is -2.33. The van der Waals surface area contributed by atoms with Gasteiger partial charge in [0.15, 0.2) is 0 Å². The van der Waals surface area contributed by atoms with E-state index < -0.39 is 0 Å². The number of hydrogen-bond donors (Lipinski definition) is 1. The fraction of sp³-hybridized carbons (Fsp3) is 0.636. The smallest absolute Gasteiger partial charge is 0.324 e. The van der Waals surface area contributed by atoms with Crippen LogP contribution in [0.15, 0.2) is 24.3 Å². The molecule has 0 spiro atoms. The number of hydrogen-bond acceptors (Lipinski definition) is 4. The Bertz CT molecular complexity index is 691. The molecule has 0 atom stereocenters. The molecular formula is C22H31N3O3. The highest BCUT2D eigenvalue weighted by atomic mass is 16.5. The molecule has 2 saturated heterocycles. The van der Waals surface area contributed by atoms with E-state index in [1.165, 1.54) is 25.5 Å². The first-order valence-electron chi connectivity index (χ1n) is 10.6. The van der Waals surface area contributed by atoms with Gasteiger partial charge in [-0.2, -0.15) is 0 Å². The molecule has 1 aromatic carbocycles. The van der Waals surface area contributed by atoms with Gasteiger partial charge in [0.1, 0.15) is 0 Å². The Morgan fingerprint density at radius 2 is 1.68 bits per heavy atom. The molecule has 6 heteroatoms. The van der Waals surface area contributed by atoms with Crippen LogP contribution in [-0.4, -0.2) is 56.2 Å². The minimum atomic E-state index is -0.110. The maximum atomic E-state index is 13.0. The predicted octanol–water partition coefficient (Wildman–Crippen LogP) is 3.13. The average Bonchev–Trinajstić information content (AvgIpc) is 3.15. The third-order valence-corrected chi connectivity index (χ3v) is 6.73. The van der Waals surface area contributed by atoms with Gasteiger partial charge >= 0.3 is 12.0 Å². The van der Waals surface area contributed by atoms with E-state index in [0.29, 0.717) is 5.92 Å². The van der Waals surface area contributed by atoms with Gasteiger partial charge in [-0.05, 0) is 75.2 Å². The molecular weight excluding hydrogens is 354 g/mol. The van der Waals surface area contributed by atoms with Crippen molar-refractivity contribution >= 4 is 17.7 Å². The van der Waals surface area contributed by atoms with Gasteiger partial charge in [-0.1, -0.05) is 12.1 Å². The molecule has 2 heterocycles. The van der Waals surface area contributed by atoms with E-state index in [-0.39, 0.29) is 24.0 Å². The number of amides is 2. The third-order valence-electron chi connectivity index (χ3n) is 6.73. The zero-order valence-corrected chi connectivity index (χ0v) is 16.7. The number of esters is 1. The Morgan fingerprint density at radius 1 is 1.00 bits per heavy atom. The highest BCUT2D eigenvalue weighted by Crippen LogP contribution is 2.32. The van der Waals surface area contributed by atoms with Crippen LogP contribution in [0.25, 0.3) is 0 Å². The second-order valence-electron chi connectivity index (χ2n) is 8.27. The predicted molar refractivity (Wildman–Crippen MR) is 108 cm³/mol. The number of urea groups is 1. The Balaban J connectivity index is 1.36. The van der Waals surface area contributed by atoms with Crippen molar-refractivity contribution in [1.82, 2.24) is 10.2 Å². The number of nitrogens with zero attached hydrogens (tertiary/aromatic N) is 2. The van der Waals surface area contributed by atoms with Crippen LogP contribution in [0.4, 0.5) is 10.5 Å². The van der Waals surface area contributed by atoms with E-state index in [1.807, 2.05) is 9.80 Å². The second kappa shape index (κ2) is 8.52. The molecule has 3 aliphatic rings. The maximum Gasteiger partial charge on any atom is 0.324 e. The molecule has 0 bridgehead atoms. The Hall–Kier alpha value is -2.08. The van der Waals surface area contributed by atoms with E-state index in [2.05, 4.69) is 29.6 Å². The summed E-state index contributed by atoms with van der Waals surface area (Å²) in [6, 6.07) is 8.95. The normalized spacial score (nSPS) is 26.5. The summed E-state index contributed by atoms with van der Waals surface area (Å²) in [5, 5.41) is 3.41. The van der Waals surface area contributed by atoms with E-state index in [0.717, 1.165) is 57.5 Å². The summed E-state index contributed by atoms with van der Waals surface area (Å²) in [6.07, 6.45) is 5.76. The number of methoxy groups -OCH3 is 1. The first-order valence-corrected chi connectivity index (χ1v) is 10.6. The zero-order chi connectivity index (χ0) is 19.5. The topological polar surface area (TPSA) is 61.9 Å². The van der Waals surface area contributed by atoms with E-state index >= 15 is 0 Å². The van der Waals surface area contributed by atoms with Gasteiger partial charge in [-0.25, -0.2) is 4.79 Å². The SMILES string of the molecule is COC(=O)C1CCC(N2CCN(c3ccc(C4CCNCC4)cc3)C2=O)CC1. The summed E-state index contributed by atoms with van der Waals surface area (Å²) >= 11 is 0. The number of carbonyl (C=O) groups excluding carboxylic acids is 2. The van der Waals surface area contributed by atoms with Crippen LogP contribution < -0.4 is 10.2 Å². The molecule has 6 nitrogen and oxygen atoms in total. The van der Waals surface area contributed by atoms with Crippen molar-refractivity contribution in [3.05, 3.63) is 29.8 Å². The Kier molecular flexibility index (Phi) is 5.85. The number of nitrogens with one attached hydrogen (secondary N) is 1. The van der Waals surface area contributed by atoms with Crippen molar-refractivity contribution < 1.29 is 14.3 Å². The van der Waals surface area contributed by atoms with Crippen LogP contribution >= 0.6 is 0 Å². The van der Waals surface area contributed by atoms with Crippen molar-refractivity contribution in [3.63, 3.8) is 0 Å². The molecule has 0 unspecified atom stereocenters. The quantitative estimate of drug-likeness (QED) is 0.809. The number of rotatable bonds is 4. The van der Waals surface area contributed by atoms with Crippen molar-refractivity contribution in [2.45, 2.75) is 50.5 Å². The van der Waals surface area contributed by atoms with Gasteiger partial charge in [0.05, 0.1) is 13.0 Å². The molecule has 0 radical (unpaired) electrons. The van der Waals surface area contributed by atoms with Crippen LogP contribution in [0.2, 0.25) is 0 Å². The second-order valence-corrected chi connectivity index (χ2v) is 8.27. The van der Waals surface area contributed by atoms with Crippen molar-refractivity contribution in [2.24, 2.45) is 5.92 Å². The van der Waals surface area contributed by atoms with Crippen LogP contribution in [-0.2, 0) is 9.53 Å². The number of benzene rings is 1.